The summed E-state index contributed by atoms with van der Waals surface area (Å²) in [4.78, 5) is 12.6. The molecule has 0 radical (unpaired) electrons. The van der Waals surface area contributed by atoms with E-state index in [9.17, 15) is 13.2 Å². The zero-order valence-corrected chi connectivity index (χ0v) is 20.4. The first-order valence-corrected chi connectivity index (χ1v) is 13.0. The van der Waals surface area contributed by atoms with Gasteiger partial charge in [0.05, 0.1) is 17.1 Å². The van der Waals surface area contributed by atoms with E-state index in [2.05, 4.69) is 10.5 Å². The van der Waals surface area contributed by atoms with Crippen molar-refractivity contribution in [3.05, 3.63) is 94.5 Å². The minimum Gasteiger partial charge on any atom is -0.267 e. The van der Waals surface area contributed by atoms with Crippen molar-refractivity contribution in [3.8, 4) is 0 Å². The van der Waals surface area contributed by atoms with Crippen LogP contribution >= 0.6 is 11.6 Å². The third kappa shape index (κ3) is 5.32. The number of carbonyl (C=O) groups is 1. The van der Waals surface area contributed by atoms with E-state index in [1.54, 1.807) is 79.7 Å². The van der Waals surface area contributed by atoms with Gasteiger partial charge < -0.3 is 0 Å². The van der Waals surface area contributed by atoms with Crippen molar-refractivity contribution < 1.29 is 13.2 Å². The lowest BCUT2D eigenvalue weighted by molar-refractivity contribution is 0.0954. The van der Waals surface area contributed by atoms with Gasteiger partial charge >= 0.3 is 0 Å². The van der Waals surface area contributed by atoms with Crippen molar-refractivity contribution in [2.75, 3.05) is 4.31 Å². The molecule has 0 atom stereocenters. The molecule has 1 N–H and O–H groups in total. The maximum atomic E-state index is 13.6. The monoisotopic (exact) mass is 495 g/mol. The Morgan fingerprint density at radius 2 is 1.65 bits per heavy atom. The van der Waals surface area contributed by atoms with E-state index in [0.717, 1.165) is 37.0 Å². The minimum atomic E-state index is -3.86. The minimum absolute atomic E-state index is 0.0859. The fourth-order valence-corrected chi connectivity index (χ4v) is 5.60. The van der Waals surface area contributed by atoms with E-state index in [1.165, 1.54) is 4.31 Å². The standard InChI is InChI=1S/C26H26ClN3O3S/c1-19-24(27)12-7-13-25(19)30(34(32,33)23-10-3-2-4-11-23)18-20-14-16-21(17-15-20)26(31)29-28-22-8-5-6-9-22/h2-4,7,10-17H,5-6,8-9,18H2,1H3,(H,29,31). The molecule has 0 unspecified atom stereocenters. The molecule has 1 fully saturated rings. The van der Waals surface area contributed by atoms with Crippen molar-refractivity contribution in [1.29, 1.82) is 0 Å². The number of hydrogen-bond acceptors (Lipinski definition) is 4. The Balaban J connectivity index is 1.61. The lowest BCUT2D eigenvalue weighted by Gasteiger charge is -2.26. The van der Waals surface area contributed by atoms with Crippen molar-refractivity contribution in [2.45, 2.75) is 44.0 Å². The first kappa shape index (κ1) is 24.0. The Kier molecular flexibility index (Phi) is 7.34. The number of amides is 1. The van der Waals surface area contributed by atoms with Gasteiger partial charge in [-0.15, -0.1) is 0 Å². The number of benzene rings is 3. The molecule has 176 valence electrons. The summed E-state index contributed by atoms with van der Waals surface area (Å²) in [5.74, 6) is -0.287. The summed E-state index contributed by atoms with van der Waals surface area (Å²) in [6.45, 7) is 1.88. The first-order valence-electron chi connectivity index (χ1n) is 11.1. The summed E-state index contributed by atoms with van der Waals surface area (Å²) in [7, 11) is -3.86. The number of nitrogens with one attached hydrogen (secondary N) is 1. The highest BCUT2D eigenvalue weighted by Gasteiger charge is 2.27. The van der Waals surface area contributed by atoms with Crippen LogP contribution in [0, 0.1) is 6.92 Å². The lowest BCUT2D eigenvalue weighted by Crippen LogP contribution is -2.31. The predicted octanol–water partition coefficient (Wildman–Crippen LogP) is 5.70. The van der Waals surface area contributed by atoms with Crippen molar-refractivity contribution in [3.63, 3.8) is 0 Å². The molecule has 1 saturated carbocycles. The Bertz CT molecular complexity index is 1300. The average molecular weight is 496 g/mol. The normalized spacial score (nSPS) is 13.5. The van der Waals surface area contributed by atoms with Gasteiger partial charge in [-0.3, -0.25) is 9.10 Å². The van der Waals surface area contributed by atoms with Crippen molar-refractivity contribution in [2.24, 2.45) is 5.10 Å². The second-order valence-electron chi connectivity index (χ2n) is 8.23. The highest BCUT2D eigenvalue weighted by atomic mass is 35.5. The number of hydrogen-bond donors (Lipinski definition) is 1. The fourth-order valence-electron chi connectivity index (χ4n) is 3.90. The van der Waals surface area contributed by atoms with Crippen LogP contribution in [0.4, 0.5) is 5.69 Å². The smallest absolute Gasteiger partial charge is 0.267 e. The number of halogens is 1. The zero-order chi connectivity index (χ0) is 24.1. The van der Waals surface area contributed by atoms with Crippen molar-refractivity contribution >= 4 is 38.9 Å². The van der Waals surface area contributed by atoms with Gasteiger partial charge in [-0.1, -0.05) is 48.0 Å². The number of nitrogens with zero attached hydrogens (tertiary/aromatic N) is 2. The molecule has 34 heavy (non-hydrogen) atoms. The van der Waals surface area contributed by atoms with Crippen LogP contribution in [0.2, 0.25) is 5.02 Å². The van der Waals surface area contributed by atoms with Crippen LogP contribution < -0.4 is 9.73 Å². The Morgan fingerprint density at radius 1 is 0.971 bits per heavy atom. The average Bonchev–Trinajstić information content (AvgIpc) is 3.38. The predicted molar refractivity (Wildman–Crippen MR) is 136 cm³/mol. The number of rotatable bonds is 7. The van der Waals surface area contributed by atoms with Gasteiger partial charge in [0.25, 0.3) is 15.9 Å². The molecule has 8 heteroatoms. The van der Waals surface area contributed by atoms with E-state index in [1.807, 2.05) is 0 Å². The molecule has 3 aromatic rings. The van der Waals surface area contributed by atoms with E-state index < -0.39 is 10.0 Å². The Morgan fingerprint density at radius 3 is 2.32 bits per heavy atom. The second-order valence-corrected chi connectivity index (χ2v) is 10.5. The number of sulfonamides is 1. The molecule has 4 rings (SSSR count). The number of carbonyl (C=O) groups excluding carboxylic acids is 1. The van der Waals surface area contributed by atoms with Crippen LogP contribution in [-0.4, -0.2) is 20.0 Å². The van der Waals surface area contributed by atoms with E-state index >= 15 is 0 Å². The molecule has 1 aliphatic rings. The maximum absolute atomic E-state index is 13.6. The van der Waals surface area contributed by atoms with Crippen LogP contribution in [0.25, 0.3) is 0 Å². The summed E-state index contributed by atoms with van der Waals surface area (Å²) >= 11 is 6.31. The highest BCUT2D eigenvalue weighted by Crippen LogP contribution is 2.32. The molecule has 0 bridgehead atoms. The zero-order valence-electron chi connectivity index (χ0n) is 18.9. The van der Waals surface area contributed by atoms with Crippen LogP contribution in [-0.2, 0) is 16.6 Å². The topological polar surface area (TPSA) is 78.8 Å². The summed E-state index contributed by atoms with van der Waals surface area (Å²) in [6.07, 6.45) is 4.07. The van der Waals surface area contributed by atoms with E-state index in [4.69, 9.17) is 11.6 Å². The SMILES string of the molecule is Cc1c(Cl)cccc1N(Cc1ccc(C(=O)NN=C2CCCC2)cc1)S(=O)(=O)c1ccccc1. The lowest BCUT2D eigenvalue weighted by atomic mass is 10.1. The second kappa shape index (κ2) is 10.4. The molecule has 6 nitrogen and oxygen atoms in total. The van der Waals surface area contributed by atoms with Gasteiger partial charge in [-0.25, -0.2) is 13.8 Å². The summed E-state index contributed by atoms with van der Waals surface area (Å²) in [5.41, 5.74) is 6.00. The molecule has 3 aromatic carbocycles. The maximum Gasteiger partial charge on any atom is 0.271 e. The van der Waals surface area contributed by atoms with E-state index in [-0.39, 0.29) is 17.3 Å². The molecule has 0 aliphatic heterocycles. The third-order valence-corrected chi connectivity index (χ3v) is 8.06. The highest BCUT2D eigenvalue weighted by molar-refractivity contribution is 7.92. The molecule has 0 aromatic heterocycles. The molecular weight excluding hydrogens is 470 g/mol. The van der Waals surface area contributed by atoms with Crippen molar-refractivity contribution in [1.82, 2.24) is 5.43 Å². The van der Waals surface area contributed by atoms with E-state index in [0.29, 0.717) is 21.8 Å². The molecule has 1 aliphatic carbocycles. The largest absolute Gasteiger partial charge is 0.271 e. The number of anilines is 1. The molecule has 0 saturated heterocycles. The first-order chi connectivity index (χ1) is 16.4. The Hall–Kier alpha value is -3.16. The summed E-state index contributed by atoms with van der Waals surface area (Å²) in [6, 6.07) is 20.4. The molecular formula is C26H26ClN3O3S. The summed E-state index contributed by atoms with van der Waals surface area (Å²) < 4.78 is 28.5. The van der Waals surface area contributed by atoms with Gasteiger partial charge in [0.15, 0.2) is 0 Å². The van der Waals surface area contributed by atoms with Gasteiger partial charge in [0.1, 0.15) is 0 Å². The fraction of sp³-hybridized carbons (Fsp3) is 0.231. The van der Waals surface area contributed by atoms with Gasteiger partial charge in [0, 0.05) is 16.3 Å². The van der Waals surface area contributed by atoms with Crippen LogP contribution in [0.15, 0.2) is 82.8 Å². The summed E-state index contributed by atoms with van der Waals surface area (Å²) in [5, 5.41) is 4.70. The quantitative estimate of drug-likeness (QED) is 0.427. The molecule has 0 spiro atoms. The van der Waals surface area contributed by atoms with Gasteiger partial charge in [0.2, 0.25) is 0 Å². The van der Waals surface area contributed by atoms with Crippen LogP contribution in [0.1, 0.15) is 47.2 Å². The molecule has 0 heterocycles. The van der Waals surface area contributed by atoms with Gasteiger partial charge in [-0.05, 0) is 80.1 Å². The third-order valence-electron chi connectivity index (χ3n) is 5.88. The Labute approximate surface area is 205 Å². The van der Waals surface area contributed by atoms with Crippen LogP contribution in [0.3, 0.4) is 0 Å². The number of hydrazone groups is 1. The van der Waals surface area contributed by atoms with Crippen LogP contribution in [0.5, 0.6) is 0 Å². The van der Waals surface area contributed by atoms with Gasteiger partial charge in [-0.2, -0.15) is 5.10 Å². The molecule has 1 amide bonds.